The van der Waals surface area contributed by atoms with Crippen LogP contribution in [-0.2, 0) is 0 Å². The Kier molecular flexibility index (Phi) is 4.24. The fourth-order valence-electron chi connectivity index (χ4n) is 2.22. The van der Waals surface area contributed by atoms with Crippen molar-refractivity contribution in [2.75, 3.05) is 0 Å². The number of amidine groups is 2. The maximum absolute atomic E-state index is 12.4. The molecule has 0 bridgehead atoms. The molecule has 0 amide bonds. The van der Waals surface area contributed by atoms with Crippen LogP contribution in [0, 0.1) is 5.41 Å². The predicted octanol–water partition coefficient (Wildman–Crippen LogP) is 2.48. The summed E-state index contributed by atoms with van der Waals surface area (Å²) in [6.07, 6.45) is 0.408. The van der Waals surface area contributed by atoms with Gasteiger partial charge in [-0.1, -0.05) is 0 Å². The maximum Gasteiger partial charge on any atom is 0.449 e. The van der Waals surface area contributed by atoms with Crippen molar-refractivity contribution >= 4 is 29.0 Å². The topological polar surface area (TPSA) is 110 Å². The first-order valence-corrected chi connectivity index (χ1v) is 7.18. The third-order valence-electron chi connectivity index (χ3n) is 3.48. The second-order valence-corrected chi connectivity index (χ2v) is 5.23. The first-order chi connectivity index (χ1) is 12.3. The Morgan fingerprint density at radius 2 is 2.00 bits per heavy atom. The number of hydrogen-bond acceptors (Lipinski definition) is 4. The Balaban J connectivity index is 1.91. The SMILES string of the molecule is N=C(N=C(N)C(F)(F)F)c1ccc(-n2ccc3cc(C=O)cnc32)cn1. The van der Waals surface area contributed by atoms with Crippen molar-refractivity contribution in [1.82, 2.24) is 14.5 Å². The van der Waals surface area contributed by atoms with E-state index in [1.165, 1.54) is 18.5 Å². The molecule has 0 fully saturated rings. The molecule has 7 nitrogen and oxygen atoms in total. The highest BCUT2D eigenvalue weighted by Gasteiger charge is 2.34. The summed E-state index contributed by atoms with van der Waals surface area (Å²) in [4.78, 5) is 22.0. The summed E-state index contributed by atoms with van der Waals surface area (Å²) in [6, 6.07) is 6.36. The van der Waals surface area contributed by atoms with Crippen LogP contribution in [0.15, 0.2) is 47.8 Å². The molecule has 132 valence electrons. The van der Waals surface area contributed by atoms with Gasteiger partial charge in [-0.05, 0) is 24.3 Å². The van der Waals surface area contributed by atoms with Crippen LogP contribution < -0.4 is 5.73 Å². The van der Waals surface area contributed by atoms with E-state index in [1.54, 1.807) is 29.0 Å². The number of aromatic nitrogens is 3. The molecule has 10 heteroatoms. The molecule has 0 spiro atoms. The van der Waals surface area contributed by atoms with E-state index in [-0.39, 0.29) is 5.69 Å². The summed E-state index contributed by atoms with van der Waals surface area (Å²) in [7, 11) is 0. The van der Waals surface area contributed by atoms with Crippen LogP contribution in [0.5, 0.6) is 0 Å². The first kappa shape index (κ1) is 17.3. The minimum atomic E-state index is -4.80. The Bertz CT molecular complexity index is 1020. The van der Waals surface area contributed by atoms with Crippen LogP contribution in [0.4, 0.5) is 13.2 Å². The van der Waals surface area contributed by atoms with E-state index in [4.69, 9.17) is 11.1 Å². The van der Waals surface area contributed by atoms with Gasteiger partial charge in [-0.2, -0.15) is 13.2 Å². The maximum atomic E-state index is 12.4. The van der Waals surface area contributed by atoms with Gasteiger partial charge in [0.2, 0.25) is 5.84 Å². The van der Waals surface area contributed by atoms with Crippen LogP contribution in [0.25, 0.3) is 16.7 Å². The van der Waals surface area contributed by atoms with Gasteiger partial charge in [-0.15, -0.1) is 0 Å². The van der Waals surface area contributed by atoms with Crippen LogP contribution in [0.2, 0.25) is 0 Å². The van der Waals surface area contributed by atoms with Gasteiger partial charge in [0.1, 0.15) is 11.3 Å². The Morgan fingerprint density at radius 3 is 2.62 bits per heavy atom. The van der Waals surface area contributed by atoms with Crippen molar-refractivity contribution in [2.24, 2.45) is 10.7 Å². The molecule has 0 atom stereocenters. The van der Waals surface area contributed by atoms with Gasteiger partial charge in [-0.3, -0.25) is 19.8 Å². The molecule has 0 aromatic carbocycles. The molecule has 0 unspecified atom stereocenters. The zero-order chi connectivity index (χ0) is 18.9. The summed E-state index contributed by atoms with van der Waals surface area (Å²) in [5.41, 5.74) is 6.34. The zero-order valence-corrected chi connectivity index (χ0v) is 13.0. The fourth-order valence-corrected chi connectivity index (χ4v) is 2.22. The van der Waals surface area contributed by atoms with Crippen LogP contribution in [0.1, 0.15) is 16.1 Å². The van der Waals surface area contributed by atoms with Crippen molar-refractivity contribution in [2.45, 2.75) is 6.18 Å². The normalized spacial score (nSPS) is 12.3. The third-order valence-corrected chi connectivity index (χ3v) is 3.48. The number of aldehydes is 1. The summed E-state index contributed by atoms with van der Waals surface area (Å²) in [5.74, 6) is -2.31. The number of carbonyl (C=O) groups is 1. The molecule has 0 radical (unpaired) electrons. The highest BCUT2D eigenvalue weighted by atomic mass is 19.4. The van der Waals surface area contributed by atoms with Crippen LogP contribution in [-0.4, -0.2) is 38.7 Å². The van der Waals surface area contributed by atoms with Gasteiger partial charge < -0.3 is 5.73 Å². The minimum Gasteiger partial charge on any atom is -0.380 e. The molecule has 3 heterocycles. The van der Waals surface area contributed by atoms with E-state index in [0.717, 1.165) is 5.39 Å². The predicted molar refractivity (Wildman–Crippen MR) is 88.8 cm³/mol. The van der Waals surface area contributed by atoms with Gasteiger partial charge >= 0.3 is 6.18 Å². The number of rotatable bonds is 3. The van der Waals surface area contributed by atoms with Crippen molar-refractivity contribution in [1.29, 1.82) is 5.41 Å². The molecule has 0 aliphatic carbocycles. The lowest BCUT2D eigenvalue weighted by Gasteiger charge is -2.07. The van der Waals surface area contributed by atoms with Crippen molar-refractivity contribution in [3.05, 3.63) is 54.1 Å². The van der Waals surface area contributed by atoms with Gasteiger partial charge in [0.25, 0.3) is 0 Å². The second-order valence-electron chi connectivity index (χ2n) is 5.23. The van der Waals surface area contributed by atoms with E-state index in [9.17, 15) is 18.0 Å². The number of aliphatic imine (C=N–C) groups is 1. The van der Waals surface area contributed by atoms with Crippen molar-refractivity contribution < 1.29 is 18.0 Å². The van der Waals surface area contributed by atoms with Crippen LogP contribution >= 0.6 is 0 Å². The quantitative estimate of drug-likeness (QED) is 0.425. The monoisotopic (exact) mass is 360 g/mol. The molecule has 26 heavy (non-hydrogen) atoms. The number of fused-ring (bicyclic) bond motifs is 1. The number of nitrogens with one attached hydrogen (secondary N) is 1. The summed E-state index contributed by atoms with van der Waals surface area (Å²) in [6.45, 7) is 0. The lowest BCUT2D eigenvalue weighted by molar-refractivity contribution is -0.0597. The molecule has 0 aliphatic heterocycles. The van der Waals surface area contributed by atoms with E-state index in [0.29, 0.717) is 23.2 Å². The fraction of sp³-hybridized carbons (Fsp3) is 0.0625. The third kappa shape index (κ3) is 3.29. The van der Waals surface area contributed by atoms with E-state index < -0.39 is 17.8 Å². The highest BCUT2D eigenvalue weighted by Crippen LogP contribution is 2.19. The lowest BCUT2D eigenvalue weighted by atomic mass is 10.2. The molecular formula is C16H11F3N6O. The van der Waals surface area contributed by atoms with Gasteiger partial charge in [0, 0.05) is 23.3 Å². The molecule has 0 saturated carbocycles. The largest absolute Gasteiger partial charge is 0.449 e. The summed E-state index contributed by atoms with van der Waals surface area (Å²) >= 11 is 0. The number of alkyl halides is 3. The number of pyridine rings is 2. The Hall–Kier alpha value is -3.56. The van der Waals surface area contributed by atoms with Crippen LogP contribution in [0.3, 0.4) is 0 Å². The standard InChI is InChI=1S/C16H11F3N6O/c17-16(18,19)15(21)24-13(20)12-2-1-11(7-22-12)25-4-3-10-5-9(8-26)6-23-14(10)25/h1-8H,(H3,20,21,24). The highest BCUT2D eigenvalue weighted by molar-refractivity contribution is 6.04. The number of halogens is 3. The number of hydrogen-bond donors (Lipinski definition) is 2. The first-order valence-electron chi connectivity index (χ1n) is 7.18. The van der Waals surface area contributed by atoms with Gasteiger partial charge in [0.15, 0.2) is 12.1 Å². The molecule has 3 aromatic rings. The smallest absolute Gasteiger partial charge is 0.380 e. The molecule has 0 saturated heterocycles. The van der Waals surface area contributed by atoms with Crippen molar-refractivity contribution in [3.63, 3.8) is 0 Å². The minimum absolute atomic E-state index is 0.0615. The number of nitrogens with zero attached hydrogens (tertiary/aromatic N) is 4. The van der Waals surface area contributed by atoms with E-state index in [1.807, 2.05) is 0 Å². The molecule has 3 N–H and O–H groups in total. The molecule has 3 aromatic heterocycles. The number of carbonyl (C=O) groups excluding carboxylic acids is 1. The van der Waals surface area contributed by atoms with Gasteiger partial charge in [-0.25, -0.2) is 9.98 Å². The molecular weight excluding hydrogens is 349 g/mol. The van der Waals surface area contributed by atoms with Crippen molar-refractivity contribution in [3.8, 4) is 5.69 Å². The summed E-state index contributed by atoms with van der Waals surface area (Å²) in [5, 5.41) is 8.32. The average Bonchev–Trinajstić information content (AvgIpc) is 3.04. The van der Waals surface area contributed by atoms with E-state index >= 15 is 0 Å². The zero-order valence-electron chi connectivity index (χ0n) is 13.0. The van der Waals surface area contributed by atoms with E-state index in [2.05, 4.69) is 15.0 Å². The Labute approximate surface area is 144 Å². The molecule has 3 rings (SSSR count). The average molecular weight is 360 g/mol. The molecule has 0 aliphatic rings. The Morgan fingerprint density at radius 1 is 1.23 bits per heavy atom. The summed E-state index contributed by atoms with van der Waals surface area (Å²) < 4.78 is 38.8. The lowest BCUT2D eigenvalue weighted by Crippen LogP contribution is -2.32. The van der Waals surface area contributed by atoms with Gasteiger partial charge in [0.05, 0.1) is 11.9 Å². The second kappa shape index (κ2) is 6.39. The number of nitrogens with two attached hydrogens (primary N) is 1.